The molecule has 0 saturated heterocycles. The number of hydrogen-bond donors (Lipinski definition) is 1. The van der Waals surface area contributed by atoms with Gasteiger partial charge in [-0.05, 0) is 37.1 Å². The zero-order valence-corrected chi connectivity index (χ0v) is 12.8. The van der Waals surface area contributed by atoms with Gasteiger partial charge in [0.1, 0.15) is 0 Å². The smallest absolute Gasteiger partial charge is 0.274 e. The van der Waals surface area contributed by atoms with Crippen LogP contribution in [0.5, 0.6) is 0 Å². The molecule has 0 aromatic heterocycles. The van der Waals surface area contributed by atoms with Crippen molar-refractivity contribution in [2.75, 3.05) is 5.32 Å². The monoisotopic (exact) mass is 318 g/mol. The lowest BCUT2D eigenvalue weighted by Crippen LogP contribution is -2.12. The number of nitro benzene ring substituents is 1. The molecular formula is C16H15ClN2O3. The molecule has 0 unspecified atom stereocenters. The molecule has 5 nitrogen and oxygen atoms in total. The first-order valence-corrected chi connectivity index (χ1v) is 7.13. The van der Waals surface area contributed by atoms with Crippen LogP contribution in [0.1, 0.15) is 17.5 Å². The minimum Gasteiger partial charge on any atom is -0.326 e. The molecule has 1 amide bonds. The van der Waals surface area contributed by atoms with Crippen molar-refractivity contribution in [2.45, 2.75) is 19.8 Å². The number of carbonyl (C=O) groups is 1. The third-order valence-electron chi connectivity index (χ3n) is 3.22. The molecule has 1 N–H and O–H groups in total. The van der Waals surface area contributed by atoms with Gasteiger partial charge in [0.2, 0.25) is 5.91 Å². The van der Waals surface area contributed by atoms with Crippen molar-refractivity contribution in [1.82, 2.24) is 0 Å². The van der Waals surface area contributed by atoms with Crippen LogP contribution in [0, 0.1) is 17.0 Å². The first-order chi connectivity index (χ1) is 10.5. The van der Waals surface area contributed by atoms with Gasteiger partial charge in [-0.2, -0.15) is 0 Å². The average molecular weight is 319 g/mol. The van der Waals surface area contributed by atoms with Gasteiger partial charge in [-0.1, -0.05) is 29.8 Å². The van der Waals surface area contributed by atoms with Gasteiger partial charge >= 0.3 is 0 Å². The second-order valence-corrected chi connectivity index (χ2v) is 5.37. The first kappa shape index (κ1) is 16.0. The van der Waals surface area contributed by atoms with Crippen LogP contribution in [-0.4, -0.2) is 10.8 Å². The Balaban J connectivity index is 1.97. The maximum Gasteiger partial charge on any atom is 0.274 e. The van der Waals surface area contributed by atoms with Crippen LogP contribution in [0.3, 0.4) is 0 Å². The predicted molar refractivity (Wildman–Crippen MR) is 86.2 cm³/mol. The van der Waals surface area contributed by atoms with Gasteiger partial charge < -0.3 is 5.32 Å². The highest BCUT2D eigenvalue weighted by Crippen LogP contribution is 2.22. The number of carbonyl (C=O) groups excluding carboxylic acids is 1. The van der Waals surface area contributed by atoms with E-state index in [0.717, 1.165) is 5.56 Å². The van der Waals surface area contributed by atoms with E-state index >= 15 is 0 Å². The quantitative estimate of drug-likeness (QED) is 0.665. The molecule has 0 heterocycles. The second kappa shape index (κ2) is 7.04. The molecule has 2 rings (SSSR count). The van der Waals surface area contributed by atoms with E-state index in [2.05, 4.69) is 5.32 Å². The van der Waals surface area contributed by atoms with E-state index in [0.29, 0.717) is 22.7 Å². The fourth-order valence-corrected chi connectivity index (χ4v) is 2.27. The number of nitrogens with one attached hydrogen (secondary N) is 1. The summed E-state index contributed by atoms with van der Waals surface area (Å²) in [6.07, 6.45) is 0.836. The van der Waals surface area contributed by atoms with Crippen LogP contribution >= 0.6 is 11.6 Å². The first-order valence-electron chi connectivity index (χ1n) is 6.75. The van der Waals surface area contributed by atoms with Crippen molar-refractivity contribution in [2.24, 2.45) is 0 Å². The molecule has 0 aliphatic rings. The van der Waals surface area contributed by atoms with E-state index in [9.17, 15) is 14.9 Å². The third kappa shape index (κ3) is 4.30. The lowest BCUT2D eigenvalue weighted by molar-refractivity contribution is -0.385. The largest absolute Gasteiger partial charge is 0.326 e. The molecule has 22 heavy (non-hydrogen) atoms. The maximum atomic E-state index is 11.9. The number of amides is 1. The van der Waals surface area contributed by atoms with Crippen LogP contribution in [-0.2, 0) is 11.2 Å². The van der Waals surface area contributed by atoms with Crippen molar-refractivity contribution in [3.63, 3.8) is 0 Å². The van der Waals surface area contributed by atoms with Crippen LogP contribution in [0.15, 0.2) is 42.5 Å². The van der Waals surface area contributed by atoms with Crippen molar-refractivity contribution in [1.29, 1.82) is 0 Å². The molecule has 0 radical (unpaired) electrons. The van der Waals surface area contributed by atoms with Gasteiger partial charge in [-0.3, -0.25) is 14.9 Å². The molecular weight excluding hydrogens is 304 g/mol. The van der Waals surface area contributed by atoms with Gasteiger partial charge in [0.05, 0.1) is 4.92 Å². The Labute approximate surface area is 133 Å². The van der Waals surface area contributed by atoms with Crippen LogP contribution in [0.4, 0.5) is 11.4 Å². The molecule has 0 atom stereocenters. The second-order valence-electron chi connectivity index (χ2n) is 4.94. The number of rotatable bonds is 5. The molecule has 0 aliphatic heterocycles. The Hall–Kier alpha value is -2.40. The summed E-state index contributed by atoms with van der Waals surface area (Å²) >= 11 is 5.89. The van der Waals surface area contributed by atoms with Gasteiger partial charge in [0.25, 0.3) is 5.69 Å². The number of aryl methyl sites for hydroxylation is 2. The summed E-state index contributed by atoms with van der Waals surface area (Å²) in [5.74, 6) is -0.196. The molecule has 2 aromatic carbocycles. The van der Waals surface area contributed by atoms with Gasteiger partial charge in [-0.15, -0.1) is 0 Å². The Morgan fingerprint density at radius 3 is 2.73 bits per heavy atom. The highest BCUT2D eigenvalue weighted by Gasteiger charge is 2.12. The topological polar surface area (TPSA) is 72.2 Å². The van der Waals surface area contributed by atoms with Crippen LogP contribution < -0.4 is 5.32 Å². The predicted octanol–water partition coefficient (Wildman–Crippen LogP) is 4.13. The van der Waals surface area contributed by atoms with E-state index in [-0.39, 0.29) is 18.0 Å². The molecule has 114 valence electrons. The van der Waals surface area contributed by atoms with Gasteiger partial charge in [-0.25, -0.2) is 0 Å². The molecule has 6 heteroatoms. The number of anilines is 1. The summed E-state index contributed by atoms with van der Waals surface area (Å²) in [7, 11) is 0. The summed E-state index contributed by atoms with van der Waals surface area (Å²) in [4.78, 5) is 22.3. The number of halogens is 1. The highest BCUT2D eigenvalue weighted by molar-refractivity contribution is 6.30. The Bertz CT molecular complexity index is 716. The minimum atomic E-state index is -0.461. The van der Waals surface area contributed by atoms with Gasteiger partial charge in [0.15, 0.2) is 0 Å². The van der Waals surface area contributed by atoms with Crippen molar-refractivity contribution in [3.8, 4) is 0 Å². The molecule has 0 bridgehead atoms. The van der Waals surface area contributed by atoms with Crippen molar-refractivity contribution >= 4 is 28.9 Å². The zero-order chi connectivity index (χ0) is 16.1. The SMILES string of the molecule is Cc1ccc(NC(=O)CCc2cccc(Cl)c2)cc1[N+](=O)[O-]. The summed E-state index contributed by atoms with van der Waals surface area (Å²) in [5.41, 5.74) is 1.94. The number of nitrogens with zero attached hydrogens (tertiary/aromatic N) is 1. The van der Waals surface area contributed by atoms with Crippen molar-refractivity contribution < 1.29 is 9.72 Å². The van der Waals surface area contributed by atoms with E-state index in [4.69, 9.17) is 11.6 Å². The van der Waals surface area contributed by atoms with E-state index in [1.54, 1.807) is 25.1 Å². The maximum absolute atomic E-state index is 11.9. The Morgan fingerprint density at radius 1 is 1.27 bits per heavy atom. The van der Waals surface area contributed by atoms with Crippen molar-refractivity contribution in [3.05, 3.63) is 68.7 Å². The summed E-state index contributed by atoms with van der Waals surface area (Å²) in [6, 6.07) is 12.0. The lowest BCUT2D eigenvalue weighted by Gasteiger charge is -2.06. The fourth-order valence-electron chi connectivity index (χ4n) is 2.06. The van der Waals surface area contributed by atoms with E-state index in [1.807, 2.05) is 18.2 Å². The molecule has 0 aliphatic carbocycles. The van der Waals surface area contributed by atoms with Crippen LogP contribution in [0.25, 0.3) is 0 Å². The Kier molecular flexibility index (Phi) is 5.12. The fraction of sp³-hybridized carbons (Fsp3) is 0.188. The standard InChI is InChI=1S/C16H15ClN2O3/c1-11-5-7-14(10-15(11)19(21)22)18-16(20)8-6-12-3-2-4-13(17)9-12/h2-5,7,9-10H,6,8H2,1H3,(H,18,20). The summed E-state index contributed by atoms with van der Waals surface area (Å²) in [5, 5.41) is 14.2. The van der Waals surface area contributed by atoms with E-state index < -0.39 is 4.92 Å². The Morgan fingerprint density at radius 2 is 2.05 bits per heavy atom. The number of hydrogen-bond acceptors (Lipinski definition) is 3. The molecule has 0 fully saturated rings. The van der Waals surface area contributed by atoms with Crippen LogP contribution in [0.2, 0.25) is 5.02 Å². The third-order valence-corrected chi connectivity index (χ3v) is 3.45. The summed E-state index contributed by atoms with van der Waals surface area (Å²) < 4.78 is 0. The lowest BCUT2D eigenvalue weighted by atomic mass is 10.1. The minimum absolute atomic E-state index is 0.00681. The average Bonchev–Trinajstić information content (AvgIpc) is 2.47. The zero-order valence-electron chi connectivity index (χ0n) is 12.0. The van der Waals surface area contributed by atoms with Gasteiger partial charge in [0, 0.05) is 28.8 Å². The van der Waals surface area contributed by atoms with E-state index in [1.165, 1.54) is 6.07 Å². The molecule has 0 saturated carbocycles. The highest BCUT2D eigenvalue weighted by atomic mass is 35.5. The molecule has 0 spiro atoms. The number of nitro groups is 1. The molecule has 2 aromatic rings. The normalized spacial score (nSPS) is 10.3. The summed E-state index contributed by atoms with van der Waals surface area (Å²) in [6.45, 7) is 1.66. The number of benzene rings is 2.